The summed E-state index contributed by atoms with van der Waals surface area (Å²) in [6.45, 7) is 6.71. The first-order valence-corrected chi connectivity index (χ1v) is 6.71. The van der Waals surface area contributed by atoms with Crippen LogP contribution in [0.1, 0.15) is 25.8 Å². The molecule has 1 aromatic rings. The molecule has 1 heterocycles. The quantitative estimate of drug-likeness (QED) is 0.848. The molecule has 0 aromatic heterocycles. The first-order valence-electron chi connectivity index (χ1n) is 6.33. The molecule has 0 saturated carbocycles. The molecular weight excluding hydrogens is 248 g/mol. The highest BCUT2D eigenvalue weighted by atomic mass is 35.5. The standard InChI is InChI=1S/C14H19ClN2O/c1-9-7-8-17(14(18)11(3)16-9)13-6-4-5-12(15)10(13)2/h4-6,9,11,16H,7-8H2,1-3H3. The minimum Gasteiger partial charge on any atom is -0.311 e. The van der Waals surface area contributed by atoms with Crippen LogP contribution in [0.5, 0.6) is 0 Å². The molecule has 1 aliphatic heterocycles. The fourth-order valence-electron chi connectivity index (χ4n) is 2.38. The molecule has 0 radical (unpaired) electrons. The van der Waals surface area contributed by atoms with E-state index < -0.39 is 0 Å². The van der Waals surface area contributed by atoms with Crippen LogP contribution in [0, 0.1) is 6.92 Å². The molecule has 1 fully saturated rings. The van der Waals surface area contributed by atoms with Gasteiger partial charge in [0.15, 0.2) is 0 Å². The number of halogens is 1. The van der Waals surface area contributed by atoms with Crippen LogP contribution in [0.4, 0.5) is 5.69 Å². The number of hydrogen-bond donors (Lipinski definition) is 1. The topological polar surface area (TPSA) is 32.3 Å². The first kappa shape index (κ1) is 13.4. The van der Waals surface area contributed by atoms with Crippen molar-refractivity contribution in [2.45, 2.75) is 39.3 Å². The average molecular weight is 267 g/mol. The summed E-state index contributed by atoms with van der Waals surface area (Å²) >= 11 is 6.13. The van der Waals surface area contributed by atoms with Crippen molar-refractivity contribution < 1.29 is 4.79 Å². The molecule has 1 amide bonds. The lowest BCUT2D eigenvalue weighted by atomic mass is 10.1. The molecule has 2 atom stereocenters. The van der Waals surface area contributed by atoms with Gasteiger partial charge in [-0.05, 0) is 44.9 Å². The lowest BCUT2D eigenvalue weighted by Gasteiger charge is -2.24. The van der Waals surface area contributed by atoms with Gasteiger partial charge in [-0.1, -0.05) is 17.7 Å². The Morgan fingerprint density at radius 3 is 2.83 bits per heavy atom. The van der Waals surface area contributed by atoms with Gasteiger partial charge in [-0.3, -0.25) is 4.79 Å². The Morgan fingerprint density at radius 1 is 1.39 bits per heavy atom. The van der Waals surface area contributed by atoms with Crippen LogP contribution in [0.2, 0.25) is 5.02 Å². The van der Waals surface area contributed by atoms with Crippen molar-refractivity contribution in [3.05, 3.63) is 28.8 Å². The van der Waals surface area contributed by atoms with E-state index in [1.54, 1.807) is 0 Å². The van der Waals surface area contributed by atoms with E-state index in [4.69, 9.17) is 11.6 Å². The molecular formula is C14H19ClN2O. The third kappa shape index (κ3) is 2.52. The largest absolute Gasteiger partial charge is 0.311 e. The highest BCUT2D eigenvalue weighted by molar-refractivity contribution is 6.31. The van der Waals surface area contributed by atoms with Crippen molar-refractivity contribution in [2.75, 3.05) is 11.4 Å². The second-order valence-corrected chi connectivity index (χ2v) is 5.36. The van der Waals surface area contributed by atoms with E-state index in [-0.39, 0.29) is 11.9 Å². The fraction of sp³-hybridized carbons (Fsp3) is 0.500. The van der Waals surface area contributed by atoms with Gasteiger partial charge in [0.1, 0.15) is 0 Å². The van der Waals surface area contributed by atoms with Crippen molar-refractivity contribution in [3.8, 4) is 0 Å². The predicted molar refractivity (Wildman–Crippen MR) is 75.2 cm³/mol. The molecule has 1 N–H and O–H groups in total. The van der Waals surface area contributed by atoms with Crippen molar-refractivity contribution in [2.24, 2.45) is 0 Å². The third-order valence-electron chi connectivity index (χ3n) is 3.49. The zero-order valence-electron chi connectivity index (χ0n) is 11.0. The molecule has 0 bridgehead atoms. The number of benzene rings is 1. The fourth-order valence-corrected chi connectivity index (χ4v) is 2.55. The van der Waals surface area contributed by atoms with Crippen molar-refractivity contribution in [3.63, 3.8) is 0 Å². The Labute approximate surface area is 113 Å². The average Bonchev–Trinajstić information content (AvgIpc) is 2.44. The maximum atomic E-state index is 12.4. The number of rotatable bonds is 1. The lowest BCUT2D eigenvalue weighted by Crippen LogP contribution is -2.43. The second kappa shape index (κ2) is 5.29. The van der Waals surface area contributed by atoms with Crippen LogP contribution in [0.3, 0.4) is 0 Å². The highest BCUT2D eigenvalue weighted by Gasteiger charge is 2.27. The van der Waals surface area contributed by atoms with Gasteiger partial charge in [0, 0.05) is 23.3 Å². The van der Waals surface area contributed by atoms with Gasteiger partial charge < -0.3 is 10.2 Å². The number of nitrogens with one attached hydrogen (secondary N) is 1. The molecule has 1 aliphatic rings. The Hall–Kier alpha value is -1.06. The minimum atomic E-state index is -0.152. The zero-order chi connectivity index (χ0) is 13.3. The SMILES string of the molecule is Cc1c(Cl)cccc1N1CCC(C)NC(C)C1=O. The summed E-state index contributed by atoms with van der Waals surface area (Å²) in [7, 11) is 0. The number of hydrogen-bond acceptors (Lipinski definition) is 2. The van der Waals surface area contributed by atoms with Crippen molar-refractivity contribution in [1.82, 2.24) is 5.32 Å². The highest BCUT2D eigenvalue weighted by Crippen LogP contribution is 2.28. The Kier molecular flexibility index (Phi) is 3.93. The summed E-state index contributed by atoms with van der Waals surface area (Å²) in [5.41, 5.74) is 1.89. The second-order valence-electron chi connectivity index (χ2n) is 4.95. The lowest BCUT2D eigenvalue weighted by molar-refractivity contribution is -0.119. The van der Waals surface area contributed by atoms with E-state index in [9.17, 15) is 4.79 Å². The molecule has 18 heavy (non-hydrogen) atoms. The number of carbonyl (C=O) groups excluding carboxylic acids is 1. The van der Waals surface area contributed by atoms with Crippen LogP contribution < -0.4 is 10.2 Å². The van der Waals surface area contributed by atoms with Gasteiger partial charge in [-0.2, -0.15) is 0 Å². The Morgan fingerprint density at radius 2 is 2.11 bits per heavy atom. The van der Waals surface area contributed by atoms with Gasteiger partial charge in [0.25, 0.3) is 0 Å². The van der Waals surface area contributed by atoms with E-state index in [1.165, 1.54) is 0 Å². The molecule has 98 valence electrons. The molecule has 1 saturated heterocycles. The predicted octanol–water partition coefficient (Wildman–Crippen LogP) is 2.75. The van der Waals surface area contributed by atoms with Gasteiger partial charge in [0.05, 0.1) is 6.04 Å². The van der Waals surface area contributed by atoms with E-state index in [2.05, 4.69) is 12.2 Å². The summed E-state index contributed by atoms with van der Waals surface area (Å²) in [6.07, 6.45) is 0.946. The maximum absolute atomic E-state index is 12.4. The number of amides is 1. The summed E-state index contributed by atoms with van der Waals surface area (Å²) in [5, 5.41) is 4.01. The molecule has 2 unspecified atom stereocenters. The molecule has 0 spiro atoms. The minimum absolute atomic E-state index is 0.115. The Balaban J connectivity index is 2.36. The van der Waals surface area contributed by atoms with E-state index in [0.29, 0.717) is 11.1 Å². The van der Waals surface area contributed by atoms with Crippen LogP contribution >= 0.6 is 11.6 Å². The van der Waals surface area contributed by atoms with Gasteiger partial charge in [-0.15, -0.1) is 0 Å². The van der Waals surface area contributed by atoms with Crippen LogP contribution in [-0.4, -0.2) is 24.5 Å². The van der Waals surface area contributed by atoms with Crippen LogP contribution in [0.15, 0.2) is 18.2 Å². The van der Waals surface area contributed by atoms with E-state index in [1.807, 2.05) is 36.9 Å². The number of anilines is 1. The Bertz CT molecular complexity index is 461. The molecule has 2 rings (SSSR count). The summed E-state index contributed by atoms with van der Waals surface area (Å²) in [4.78, 5) is 14.2. The van der Waals surface area contributed by atoms with Gasteiger partial charge in [0.2, 0.25) is 5.91 Å². The monoisotopic (exact) mass is 266 g/mol. The summed E-state index contributed by atoms with van der Waals surface area (Å²) in [6, 6.07) is 5.91. The van der Waals surface area contributed by atoms with Crippen LogP contribution in [0.25, 0.3) is 0 Å². The molecule has 3 nitrogen and oxygen atoms in total. The maximum Gasteiger partial charge on any atom is 0.243 e. The van der Waals surface area contributed by atoms with Crippen molar-refractivity contribution >= 4 is 23.2 Å². The van der Waals surface area contributed by atoms with Crippen LogP contribution in [-0.2, 0) is 4.79 Å². The zero-order valence-corrected chi connectivity index (χ0v) is 11.8. The van der Waals surface area contributed by atoms with E-state index in [0.717, 1.165) is 24.2 Å². The van der Waals surface area contributed by atoms with Crippen molar-refractivity contribution in [1.29, 1.82) is 0 Å². The number of nitrogens with zero attached hydrogens (tertiary/aromatic N) is 1. The molecule has 1 aromatic carbocycles. The van der Waals surface area contributed by atoms with Gasteiger partial charge in [-0.25, -0.2) is 0 Å². The third-order valence-corrected chi connectivity index (χ3v) is 3.90. The van der Waals surface area contributed by atoms with Gasteiger partial charge >= 0.3 is 0 Å². The smallest absolute Gasteiger partial charge is 0.243 e. The summed E-state index contributed by atoms with van der Waals surface area (Å²) in [5.74, 6) is 0.115. The van der Waals surface area contributed by atoms with E-state index >= 15 is 0 Å². The summed E-state index contributed by atoms with van der Waals surface area (Å²) < 4.78 is 0. The molecule has 0 aliphatic carbocycles. The molecule has 4 heteroatoms. The number of carbonyl (C=O) groups is 1. The first-order chi connectivity index (χ1) is 8.50. The normalized spacial score (nSPS) is 25.1.